The first kappa shape index (κ1) is 15.6. The van der Waals surface area contributed by atoms with Crippen molar-refractivity contribution in [1.29, 1.82) is 0 Å². The number of benzene rings is 2. The molecule has 0 heterocycles. The third kappa shape index (κ3) is 4.08. The first-order chi connectivity index (χ1) is 9.90. The van der Waals surface area contributed by atoms with Gasteiger partial charge in [0.1, 0.15) is 5.75 Å². The molecule has 2 aromatic rings. The summed E-state index contributed by atoms with van der Waals surface area (Å²) in [5.41, 5.74) is 3.48. The zero-order valence-electron chi connectivity index (χ0n) is 13.3. The molecule has 0 fully saturated rings. The molecule has 2 heteroatoms. The van der Waals surface area contributed by atoms with E-state index in [0.717, 1.165) is 16.9 Å². The van der Waals surface area contributed by atoms with E-state index in [-0.39, 0.29) is 5.41 Å². The second kappa shape index (κ2) is 6.31. The molecule has 2 nitrogen and oxygen atoms in total. The normalized spacial score (nSPS) is 13.0. The first-order valence-corrected chi connectivity index (χ1v) is 7.31. The van der Waals surface area contributed by atoms with Gasteiger partial charge in [-0.1, -0.05) is 57.2 Å². The van der Waals surface area contributed by atoms with Crippen molar-refractivity contribution < 1.29 is 9.84 Å². The summed E-state index contributed by atoms with van der Waals surface area (Å²) >= 11 is 0. The molecule has 0 saturated heterocycles. The van der Waals surface area contributed by atoms with E-state index >= 15 is 0 Å². The molecule has 1 unspecified atom stereocenters. The van der Waals surface area contributed by atoms with Crippen LogP contribution in [0.1, 0.15) is 43.6 Å². The van der Waals surface area contributed by atoms with Crippen molar-refractivity contribution in [3.63, 3.8) is 0 Å². The Bertz CT molecular complexity index is 562. The largest absolute Gasteiger partial charge is 0.497 e. The Morgan fingerprint density at radius 3 is 2.00 bits per heavy atom. The fourth-order valence-corrected chi connectivity index (χ4v) is 2.31. The lowest BCUT2D eigenvalue weighted by Crippen LogP contribution is -2.11. The molecule has 1 atom stereocenters. The Hall–Kier alpha value is -1.80. The molecule has 0 aliphatic rings. The van der Waals surface area contributed by atoms with Gasteiger partial charge < -0.3 is 9.84 Å². The molecule has 2 aromatic carbocycles. The Morgan fingerprint density at radius 2 is 1.52 bits per heavy atom. The fraction of sp³-hybridized carbons (Fsp3) is 0.368. The fourth-order valence-electron chi connectivity index (χ4n) is 2.31. The number of hydrogen-bond acceptors (Lipinski definition) is 2. The van der Waals surface area contributed by atoms with Gasteiger partial charge in [0, 0.05) is 6.42 Å². The second-order valence-corrected chi connectivity index (χ2v) is 6.44. The molecule has 0 amide bonds. The summed E-state index contributed by atoms with van der Waals surface area (Å²) in [7, 11) is 1.65. The van der Waals surface area contributed by atoms with Crippen molar-refractivity contribution in [3.05, 3.63) is 65.2 Å². The van der Waals surface area contributed by atoms with E-state index in [1.54, 1.807) is 7.11 Å². The van der Waals surface area contributed by atoms with Crippen molar-refractivity contribution in [2.24, 2.45) is 0 Å². The molecule has 0 aromatic heterocycles. The lowest BCUT2D eigenvalue weighted by Gasteiger charge is -2.20. The number of hydrogen-bond donors (Lipinski definition) is 1. The van der Waals surface area contributed by atoms with Gasteiger partial charge >= 0.3 is 0 Å². The zero-order valence-corrected chi connectivity index (χ0v) is 13.3. The van der Waals surface area contributed by atoms with E-state index in [0.29, 0.717) is 6.42 Å². The Kier molecular flexibility index (Phi) is 4.69. The predicted octanol–water partition coefficient (Wildman–Crippen LogP) is 4.27. The molecule has 112 valence electrons. The van der Waals surface area contributed by atoms with Crippen molar-refractivity contribution in [2.45, 2.75) is 38.7 Å². The third-order valence-electron chi connectivity index (χ3n) is 3.75. The number of ether oxygens (including phenoxy) is 1. The van der Waals surface area contributed by atoms with Gasteiger partial charge in [-0.25, -0.2) is 0 Å². The highest BCUT2D eigenvalue weighted by molar-refractivity contribution is 5.31. The van der Waals surface area contributed by atoms with Crippen LogP contribution in [0, 0.1) is 0 Å². The van der Waals surface area contributed by atoms with Crippen molar-refractivity contribution in [1.82, 2.24) is 0 Å². The van der Waals surface area contributed by atoms with Crippen LogP contribution < -0.4 is 4.74 Å². The number of aliphatic hydroxyl groups excluding tert-OH is 1. The van der Waals surface area contributed by atoms with Crippen LogP contribution in [0.25, 0.3) is 0 Å². The lowest BCUT2D eigenvalue weighted by atomic mass is 9.86. The first-order valence-electron chi connectivity index (χ1n) is 7.31. The summed E-state index contributed by atoms with van der Waals surface area (Å²) in [6, 6.07) is 16.1. The van der Waals surface area contributed by atoms with Crippen LogP contribution in [-0.4, -0.2) is 12.2 Å². The minimum atomic E-state index is -0.479. The van der Waals surface area contributed by atoms with E-state index < -0.39 is 6.10 Å². The van der Waals surface area contributed by atoms with Crippen LogP contribution in [0.15, 0.2) is 48.5 Å². The molecule has 1 N–H and O–H groups in total. The van der Waals surface area contributed by atoms with Crippen LogP contribution in [0.3, 0.4) is 0 Å². The topological polar surface area (TPSA) is 29.5 Å². The number of aliphatic hydroxyl groups is 1. The molecule has 2 rings (SSSR count). The highest BCUT2D eigenvalue weighted by atomic mass is 16.5. The van der Waals surface area contributed by atoms with Gasteiger partial charge in [-0.05, 0) is 34.2 Å². The average Bonchev–Trinajstić information content (AvgIpc) is 2.47. The van der Waals surface area contributed by atoms with E-state index in [9.17, 15) is 5.11 Å². The monoisotopic (exact) mass is 284 g/mol. The minimum absolute atomic E-state index is 0.138. The van der Waals surface area contributed by atoms with Crippen molar-refractivity contribution in [2.75, 3.05) is 7.11 Å². The molecular weight excluding hydrogens is 260 g/mol. The smallest absolute Gasteiger partial charge is 0.118 e. The van der Waals surface area contributed by atoms with Gasteiger partial charge in [0.2, 0.25) is 0 Å². The standard InChI is InChI=1S/C19H24O2/c1-19(2,3)16-9-7-15(8-10-16)18(20)13-14-5-11-17(21-4)12-6-14/h5-12,18,20H,13H2,1-4H3. The summed E-state index contributed by atoms with van der Waals surface area (Å²) in [4.78, 5) is 0. The van der Waals surface area contributed by atoms with Crippen molar-refractivity contribution in [3.8, 4) is 5.75 Å². The molecule has 0 aliphatic carbocycles. The predicted molar refractivity (Wildman–Crippen MR) is 86.8 cm³/mol. The van der Waals surface area contributed by atoms with Gasteiger partial charge in [0.05, 0.1) is 13.2 Å². The summed E-state index contributed by atoms with van der Waals surface area (Å²) in [5.74, 6) is 0.836. The van der Waals surface area contributed by atoms with Gasteiger partial charge in [-0.15, -0.1) is 0 Å². The van der Waals surface area contributed by atoms with Gasteiger partial charge in [0.15, 0.2) is 0 Å². The molecule has 21 heavy (non-hydrogen) atoms. The molecular formula is C19H24O2. The van der Waals surface area contributed by atoms with Gasteiger partial charge in [-0.2, -0.15) is 0 Å². The number of methoxy groups -OCH3 is 1. The maximum atomic E-state index is 10.4. The van der Waals surface area contributed by atoms with Crippen LogP contribution in [0.4, 0.5) is 0 Å². The zero-order chi connectivity index (χ0) is 15.5. The maximum Gasteiger partial charge on any atom is 0.118 e. The van der Waals surface area contributed by atoms with E-state index in [2.05, 4.69) is 32.9 Å². The van der Waals surface area contributed by atoms with Gasteiger partial charge in [0.25, 0.3) is 0 Å². The van der Waals surface area contributed by atoms with E-state index in [4.69, 9.17) is 4.74 Å². The molecule has 0 spiro atoms. The quantitative estimate of drug-likeness (QED) is 0.908. The molecule has 0 saturated carbocycles. The highest BCUT2D eigenvalue weighted by Gasteiger charge is 2.14. The van der Waals surface area contributed by atoms with Crippen LogP contribution >= 0.6 is 0 Å². The maximum absolute atomic E-state index is 10.4. The Morgan fingerprint density at radius 1 is 0.952 bits per heavy atom. The summed E-state index contributed by atoms with van der Waals surface area (Å²) in [5, 5.41) is 10.4. The van der Waals surface area contributed by atoms with Crippen LogP contribution in [0.2, 0.25) is 0 Å². The third-order valence-corrected chi connectivity index (χ3v) is 3.75. The molecule has 0 aliphatic heterocycles. The van der Waals surface area contributed by atoms with E-state index in [1.807, 2.05) is 36.4 Å². The van der Waals surface area contributed by atoms with Gasteiger partial charge in [-0.3, -0.25) is 0 Å². The number of rotatable bonds is 4. The minimum Gasteiger partial charge on any atom is -0.497 e. The van der Waals surface area contributed by atoms with Crippen LogP contribution in [0.5, 0.6) is 5.75 Å². The second-order valence-electron chi connectivity index (χ2n) is 6.44. The Labute approximate surface area is 127 Å². The lowest BCUT2D eigenvalue weighted by molar-refractivity contribution is 0.178. The summed E-state index contributed by atoms with van der Waals surface area (Å²) < 4.78 is 5.14. The van der Waals surface area contributed by atoms with Crippen molar-refractivity contribution >= 4 is 0 Å². The van der Waals surface area contributed by atoms with Crippen LogP contribution in [-0.2, 0) is 11.8 Å². The molecule has 0 radical (unpaired) electrons. The summed E-state index contributed by atoms with van der Waals surface area (Å²) in [6.07, 6.45) is 0.131. The molecule has 0 bridgehead atoms. The highest BCUT2D eigenvalue weighted by Crippen LogP contribution is 2.25. The SMILES string of the molecule is COc1ccc(CC(O)c2ccc(C(C)(C)C)cc2)cc1. The van der Waals surface area contributed by atoms with E-state index in [1.165, 1.54) is 5.56 Å². The summed E-state index contributed by atoms with van der Waals surface area (Å²) in [6.45, 7) is 6.57. The Balaban J connectivity index is 2.07. The average molecular weight is 284 g/mol.